The first-order valence-electron chi connectivity index (χ1n) is 10.6. The van der Waals surface area contributed by atoms with Crippen molar-refractivity contribution in [1.82, 2.24) is 5.06 Å². The molecule has 3 aromatic rings. The molecule has 1 aliphatic heterocycles. The molecule has 1 aliphatic rings. The normalized spacial score (nSPS) is 15.2. The molecule has 1 heterocycles. The zero-order valence-corrected chi connectivity index (χ0v) is 19.0. The Balaban J connectivity index is 1.64. The minimum atomic E-state index is -1.18. The van der Waals surface area contributed by atoms with E-state index in [9.17, 15) is 18.4 Å². The van der Waals surface area contributed by atoms with Gasteiger partial charge in [0.2, 0.25) is 0 Å². The molecule has 4 rings (SSSR count). The van der Waals surface area contributed by atoms with Gasteiger partial charge < -0.3 is 19.4 Å². The lowest BCUT2D eigenvalue weighted by Gasteiger charge is -2.36. The van der Waals surface area contributed by atoms with Crippen molar-refractivity contribution in [3.8, 4) is 5.75 Å². The van der Waals surface area contributed by atoms with Gasteiger partial charge in [-0.3, -0.25) is 0 Å². The summed E-state index contributed by atoms with van der Waals surface area (Å²) in [5.41, 5.74) is 1.88. The lowest BCUT2D eigenvalue weighted by atomic mass is 9.89. The fourth-order valence-corrected chi connectivity index (χ4v) is 4.05. The maximum Gasteiger partial charge on any atom is 0.528 e. The molecule has 0 saturated carbocycles. The van der Waals surface area contributed by atoms with Crippen LogP contribution in [0.4, 0.5) is 13.6 Å². The highest BCUT2D eigenvalue weighted by molar-refractivity contribution is 6.30. The van der Waals surface area contributed by atoms with Gasteiger partial charge in [-0.25, -0.2) is 18.4 Å². The van der Waals surface area contributed by atoms with Gasteiger partial charge in [0.25, 0.3) is 0 Å². The van der Waals surface area contributed by atoms with Gasteiger partial charge in [-0.15, -0.1) is 5.06 Å². The number of ether oxygens (including phenoxy) is 2. The highest BCUT2D eigenvalue weighted by atomic mass is 35.5. The standard InChI is InChI=1S/C25H20ClF2NO6/c26-17-5-8-22(33-14-23(30)31)20(12-17)24-19-7-6-18(27)11-15(19)9-10-29(24)35-25(32)34-13-16-3-1-2-4-21(16)28/h1-8,11-12,24H,9-10,13-14H2,(H,30,31)/t24-/m0/s1. The molecule has 0 bridgehead atoms. The number of fused-ring (bicyclic) bond motifs is 1. The number of hydrogen-bond donors (Lipinski definition) is 1. The van der Waals surface area contributed by atoms with Crippen LogP contribution in [0.15, 0.2) is 60.7 Å². The van der Waals surface area contributed by atoms with Crippen molar-refractivity contribution in [2.24, 2.45) is 0 Å². The average molecular weight is 504 g/mol. The molecule has 0 aromatic heterocycles. The molecule has 1 atom stereocenters. The van der Waals surface area contributed by atoms with Crippen LogP contribution in [-0.2, 0) is 27.4 Å². The summed E-state index contributed by atoms with van der Waals surface area (Å²) < 4.78 is 38.3. The number of hydrogen-bond acceptors (Lipinski definition) is 6. The summed E-state index contributed by atoms with van der Waals surface area (Å²) in [5.74, 6) is -1.92. The molecule has 0 fully saturated rings. The molecule has 35 heavy (non-hydrogen) atoms. The third-order valence-corrected chi connectivity index (χ3v) is 5.64. The first-order valence-corrected chi connectivity index (χ1v) is 11.0. The molecule has 0 aliphatic carbocycles. The number of carbonyl (C=O) groups excluding carboxylic acids is 1. The Morgan fingerprint density at radius 3 is 2.63 bits per heavy atom. The molecule has 0 saturated heterocycles. The maximum absolute atomic E-state index is 13.9. The van der Waals surface area contributed by atoms with E-state index in [0.717, 1.165) is 0 Å². The van der Waals surface area contributed by atoms with Crippen LogP contribution in [0, 0.1) is 11.6 Å². The molecule has 7 nitrogen and oxygen atoms in total. The van der Waals surface area contributed by atoms with E-state index in [1.54, 1.807) is 18.2 Å². The lowest BCUT2D eigenvalue weighted by molar-refractivity contribution is -0.152. The SMILES string of the molecule is O=C(O)COc1ccc(Cl)cc1[C@@H]1c2ccc(F)cc2CCN1OC(=O)OCc1ccccc1F. The number of carbonyl (C=O) groups is 2. The second-order valence-electron chi connectivity index (χ2n) is 7.72. The van der Waals surface area contributed by atoms with Crippen molar-refractivity contribution in [2.45, 2.75) is 19.1 Å². The Hall–Kier alpha value is -3.69. The molecule has 0 radical (unpaired) electrons. The minimum Gasteiger partial charge on any atom is -0.482 e. The number of benzene rings is 3. The van der Waals surface area contributed by atoms with E-state index in [0.29, 0.717) is 28.1 Å². The summed E-state index contributed by atoms with van der Waals surface area (Å²) in [4.78, 5) is 29.0. The van der Waals surface area contributed by atoms with E-state index in [-0.39, 0.29) is 24.5 Å². The van der Waals surface area contributed by atoms with Crippen LogP contribution in [0.5, 0.6) is 5.75 Å². The summed E-state index contributed by atoms with van der Waals surface area (Å²) in [5, 5.41) is 10.7. The predicted octanol–water partition coefficient (Wildman–Crippen LogP) is 5.30. The summed E-state index contributed by atoms with van der Waals surface area (Å²) >= 11 is 6.22. The average Bonchev–Trinajstić information content (AvgIpc) is 2.82. The van der Waals surface area contributed by atoms with E-state index < -0.39 is 36.4 Å². The zero-order valence-electron chi connectivity index (χ0n) is 18.2. The third-order valence-electron chi connectivity index (χ3n) is 5.40. The molecule has 0 unspecified atom stereocenters. The van der Waals surface area contributed by atoms with Crippen molar-refractivity contribution < 1.29 is 37.8 Å². The molecule has 0 amide bonds. The van der Waals surface area contributed by atoms with E-state index in [1.165, 1.54) is 47.5 Å². The predicted molar refractivity (Wildman–Crippen MR) is 121 cm³/mol. The molecule has 1 N–H and O–H groups in total. The molecule has 182 valence electrons. The van der Waals surface area contributed by atoms with Gasteiger partial charge in [-0.1, -0.05) is 35.9 Å². The van der Waals surface area contributed by atoms with Crippen LogP contribution in [0.3, 0.4) is 0 Å². The van der Waals surface area contributed by atoms with E-state index in [1.807, 2.05) is 0 Å². The van der Waals surface area contributed by atoms with E-state index in [4.69, 9.17) is 31.0 Å². The summed E-state index contributed by atoms with van der Waals surface area (Å²) in [6.45, 7) is -0.778. The summed E-state index contributed by atoms with van der Waals surface area (Å²) in [6.07, 6.45) is -0.713. The van der Waals surface area contributed by atoms with E-state index in [2.05, 4.69) is 0 Å². The van der Waals surface area contributed by atoms with Gasteiger partial charge in [-0.05, 0) is 53.9 Å². The van der Waals surface area contributed by atoms with Gasteiger partial charge in [-0.2, -0.15) is 0 Å². The van der Waals surface area contributed by atoms with Crippen molar-refractivity contribution >= 4 is 23.7 Å². The molecule has 3 aromatic carbocycles. The number of hydroxylamine groups is 2. The highest BCUT2D eigenvalue weighted by Gasteiger charge is 2.34. The number of aliphatic carboxylic acids is 1. The number of carboxylic acid groups (broad SMARTS) is 1. The Morgan fingerprint density at radius 1 is 1.06 bits per heavy atom. The monoisotopic (exact) mass is 503 g/mol. The quantitative estimate of drug-likeness (QED) is 0.438. The number of rotatable bonds is 7. The zero-order chi connectivity index (χ0) is 24.9. The summed E-state index contributed by atoms with van der Waals surface area (Å²) in [6, 6.07) is 13.9. The van der Waals surface area contributed by atoms with Gasteiger partial charge in [0, 0.05) is 22.7 Å². The van der Waals surface area contributed by atoms with Crippen LogP contribution in [0.25, 0.3) is 0 Å². The van der Waals surface area contributed by atoms with Gasteiger partial charge >= 0.3 is 12.1 Å². The number of halogens is 3. The van der Waals surface area contributed by atoms with Gasteiger partial charge in [0.15, 0.2) is 6.61 Å². The first kappa shape index (κ1) is 24.4. The molecular formula is C25H20ClF2NO6. The second kappa shape index (κ2) is 10.7. The van der Waals surface area contributed by atoms with Crippen molar-refractivity contribution in [3.63, 3.8) is 0 Å². The fourth-order valence-electron chi connectivity index (χ4n) is 3.87. The first-order chi connectivity index (χ1) is 16.8. The Morgan fingerprint density at radius 2 is 1.86 bits per heavy atom. The highest BCUT2D eigenvalue weighted by Crippen LogP contribution is 2.41. The van der Waals surface area contributed by atoms with Crippen LogP contribution in [0.1, 0.15) is 28.3 Å². The lowest BCUT2D eigenvalue weighted by Crippen LogP contribution is -2.38. The van der Waals surface area contributed by atoms with Crippen LogP contribution in [0.2, 0.25) is 5.02 Å². The van der Waals surface area contributed by atoms with Crippen molar-refractivity contribution in [1.29, 1.82) is 0 Å². The molecular weight excluding hydrogens is 484 g/mol. The van der Waals surface area contributed by atoms with Crippen molar-refractivity contribution in [3.05, 3.63) is 99.6 Å². The third kappa shape index (κ3) is 5.87. The van der Waals surface area contributed by atoms with Crippen LogP contribution in [-0.4, -0.2) is 35.4 Å². The summed E-state index contributed by atoms with van der Waals surface area (Å²) in [7, 11) is 0. The number of nitrogens with zero attached hydrogens (tertiary/aromatic N) is 1. The Labute approximate surface area is 204 Å². The number of carboxylic acids is 1. The largest absolute Gasteiger partial charge is 0.528 e. The fraction of sp³-hybridized carbons (Fsp3) is 0.200. The van der Waals surface area contributed by atoms with E-state index >= 15 is 0 Å². The molecule has 0 spiro atoms. The Bertz CT molecular complexity index is 1250. The second-order valence-corrected chi connectivity index (χ2v) is 8.16. The van der Waals surface area contributed by atoms with Gasteiger partial charge in [0.05, 0.1) is 6.04 Å². The Kier molecular flexibility index (Phi) is 7.48. The van der Waals surface area contributed by atoms with Crippen LogP contribution < -0.4 is 4.74 Å². The van der Waals surface area contributed by atoms with Crippen LogP contribution >= 0.6 is 11.6 Å². The smallest absolute Gasteiger partial charge is 0.482 e. The van der Waals surface area contributed by atoms with Gasteiger partial charge in [0.1, 0.15) is 24.0 Å². The minimum absolute atomic E-state index is 0.167. The molecule has 10 heteroatoms. The topological polar surface area (TPSA) is 85.3 Å². The van der Waals surface area contributed by atoms with Crippen molar-refractivity contribution in [2.75, 3.05) is 13.2 Å². The maximum atomic E-state index is 13.9.